The van der Waals surface area contributed by atoms with E-state index in [0.717, 1.165) is 24.3 Å². The van der Waals surface area contributed by atoms with Crippen molar-refractivity contribution in [3.8, 4) is 0 Å². The molecule has 310 valence electrons. The van der Waals surface area contributed by atoms with Crippen molar-refractivity contribution < 1.29 is 18.9 Å². The molecule has 0 aromatic heterocycles. The Hall–Kier alpha value is 0.894. The van der Waals surface area contributed by atoms with Crippen LogP contribution < -0.4 is 0 Å². The number of nitrogens with zero attached hydrogens (tertiary/aromatic N) is 2. The van der Waals surface area contributed by atoms with Gasteiger partial charge in [-0.1, -0.05) is 139 Å². The van der Waals surface area contributed by atoms with E-state index in [2.05, 4.69) is 58.4 Å². The van der Waals surface area contributed by atoms with Crippen LogP contribution in [0.2, 0.25) is 11.1 Å². The first-order valence-corrected chi connectivity index (χ1v) is 28.1. The first-order chi connectivity index (χ1) is 25.6. The maximum Gasteiger partial charge on any atom is 0.147 e. The zero-order valence-corrected chi connectivity index (χ0v) is 39.6. The van der Waals surface area contributed by atoms with E-state index in [4.69, 9.17) is 18.9 Å². The van der Waals surface area contributed by atoms with Gasteiger partial charge in [0.25, 0.3) is 0 Å². The predicted octanol–water partition coefficient (Wildman–Crippen LogP) is 10.9. The molecule has 4 unspecified atom stereocenters. The van der Waals surface area contributed by atoms with Crippen LogP contribution in [0, 0.1) is 0 Å². The maximum atomic E-state index is 6.23. The third-order valence-corrected chi connectivity index (χ3v) is 18.1. The summed E-state index contributed by atoms with van der Waals surface area (Å²) in [7, 11) is 3.93. The Morgan fingerprint density at radius 2 is 0.865 bits per heavy atom. The zero-order valence-electron chi connectivity index (χ0n) is 35.1. The molecule has 0 radical (unpaired) electrons. The fourth-order valence-electron chi connectivity index (χ4n) is 7.76. The van der Waals surface area contributed by atoms with Crippen molar-refractivity contribution in [1.29, 1.82) is 0 Å². The molecule has 0 amide bonds. The molecule has 2 fully saturated rings. The molecule has 52 heavy (non-hydrogen) atoms. The van der Waals surface area contributed by atoms with Gasteiger partial charge < -0.3 is 28.1 Å². The molecule has 0 bridgehead atoms. The van der Waals surface area contributed by atoms with Crippen LogP contribution in [0.15, 0.2) is 0 Å². The van der Waals surface area contributed by atoms with Crippen molar-refractivity contribution in [2.45, 2.75) is 205 Å². The molecule has 0 N–H and O–H groups in total. The molecule has 0 saturated carbocycles. The first kappa shape index (κ1) is 49.0. The van der Waals surface area contributed by atoms with Crippen LogP contribution in [0.25, 0.3) is 0 Å². The lowest BCUT2D eigenvalue weighted by atomic mass is 10.1. The van der Waals surface area contributed by atoms with Gasteiger partial charge in [-0.2, -0.15) is 0 Å². The fourth-order valence-corrected chi connectivity index (χ4v) is 14.0. The van der Waals surface area contributed by atoms with Gasteiger partial charge in [0, 0.05) is 24.7 Å². The van der Waals surface area contributed by atoms with E-state index < -0.39 is 0 Å². The normalized spacial score (nSPS) is 23.5. The number of rotatable bonds is 33. The lowest BCUT2D eigenvalue weighted by Crippen LogP contribution is -2.37. The van der Waals surface area contributed by atoms with Gasteiger partial charge in [0.15, 0.2) is 0 Å². The molecule has 2 saturated heterocycles. The van der Waals surface area contributed by atoms with Crippen molar-refractivity contribution in [2.75, 3.05) is 64.5 Å². The SMILES string of the molecule is CCCCCCCCCCOCOC1CCC(C)[SiH2]N(CCCSSCCCN2CCC(OCOCCCCCCCCCC)CCC(C)[SiH2]2)CC1. The van der Waals surface area contributed by atoms with Gasteiger partial charge in [-0.15, -0.1) is 0 Å². The molecule has 0 aromatic carbocycles. The first-order valence-electron chi connectivity index (χ1n) is 22.7. The summed E-state index contributed by atoms with van der Waals surface area (Å²) in [5, 5.41) is 0. The third kappa shape index (κ3) is 29.2. The summed E-state index contributed by atoms with van der Waals surface area (Å²) < 4.78 is 29.9. The lowest BCUT2D eigenvalue weighted by Gasteiger charge is -2.31. The van der Waals surface area contributed by atoms with E-state index >= 15 is 0 Å². The number of hydrogen-bond donors (Lipinski definition) is 0. The van der Waals surface area contributed by atoms with Crippen molar-refractivity contribution in [3.05, 3.63) is 0 Å². The van der Waals surface area contributed by atoms with E-state index in [0.29, 0.717) is 25.8 Å². The Morgan fingerprint density at radius 1 is 0.481 bits per heavy atom. The van der Waals surface area contributed by atoms with E-state index in [1.807, 2.05) is 0 Å². The smallest absolute Gasteiger partial charge is 0.147 e. The Balaban J connectivity index is 1.44. The van der Waals surface area contributed by atoms with Gasteiger partial charge in [-0.3, -0.25) is 0 Å². The van der Waals surface area contributed by atoms with Crippen LogP contribution in [0.4, 0.5) is 0 Å². The molecular formula is C42H88N2O4S2Si2. The van der Waals surface area contributed by atoms with Crippen molar-refractivity contribution in [1.82, 2.24) is 9.13 Å². The average Bonchev–Trinajstić information content (AvgIpc) is 3.13. The highest BCUT2D eigenvalue weighted by Crippen LogP contribution is 2.26. The average molecular weight is 805 g/mol. The highest BCUT2D eigenvalue weighted by molar-refractivity contribution is 8.76. The summed E-state index contributed by atoms with van der Waals surface area (Å²) in [6, 6.07) is 0. The maximum absolute atomic E-state index is 6.23. The third-order valence-electron chi connectivity index (χ3n) is 11.2. The van der Waals surface area contributed by atoms with E-state index in [9.17, 15) is 0 Å². The van der Waals surface area contributed by atoms with E-state index in [1.165, 1.54) is 192 Å². The van der Waals surface area contributed by atoms with Crippen molar-refractivity contribution in [2.24, 2.45) is 0 Å². The van der Waals surface area contributed by atoms with Crippen molar-refractivity contribution in [3.63, 3.8) is 0 Å². The predicted molar refractivity (Wildman–Crippen MR) is 238 cm³/mol. The minimum Gasteiger partial charge on any atom is -0.355 e. The Morgan fingerprint density at radius 3 is 1.27 bits per heavy atom. The summed E-state index contributed by atoms with van der Waals surface area (Å²) >= 11 is 0. The minimum atomic E-state index is -0.150. The second-order valence-electron chi connectivity index (χ2n) is 16.5. The highest BCUT2D eigenvalue weighted by Gasteiger charge is 2.21. The van der Waals surface area contributed by atoms with Crippen LogP contribution in [-0.2, 0) is 18.9 Å². The molecule has 6 nitrogen and oxygen atoms in total. The second kappa shape index (κ2) is 36.2. The standard InChI is InChI=1S/C42H88N2O4S2Si2/c1-5-7-9-11-13-15-17-19-33-45-37-47-41-25-23-39(3)51-43(31-27-41)29-21-35-49-50-36-22-30-44-32-28-42(26-24-40(4)52-44)48-38-46-34-20-18-16-14-12-10-8-6-2/h39-42H,5-38,51-52H2,1-4H3. The van der Waals surface area contributed by atoms with Crippen LogP contribution in [-0.4, -0.2) is 105 Å². The van der Waals surface area contributed by atoms with Gasteiger partial charge in [-0.05, 0) is 101 Å². The summed E-state index contributed by atoms with van der Waals surface area (Å²) in [5.41, 5.74) is 1.78. The number of ether oxygens (including phenoxy) is 4. The number of hydrogen-bond acceptors (Lipinski definition) is 8. The Bertz CT molecular complexity index is 705. The molecule has 2 aliphatic rings. The fraction of sp³-hybridized carbons (Fsp3) is 1.00. The Kier molecular flexibility index (Phi) is 34.2. The summed E-state index contributed by atoms with van der Waals surface area (Å²) in [4.78, 5) is 0. The van der Waals surface area contributed by atoms with E-state index in [-0.39, 0.29) is 19.4 Å². The van der Waals surface area contributed by atoms with Crippen molar-refractivity contribution >= 4 is 41.0 Å². The molecule has 0 aromatic rings. The van der Waals surface area contributed by atoms with Crippen LogP contribution in [0.1, 0.15) is 182 Å². The van der Waals surface area contributed by atoms with Gasteiger partial charge in [-0.25, -0.2) is 0 Å². The molecule has 10 heteroatoms. The monoisotopic (exact) mass is 805 g/mol. The van der Waals surface area contributed by atoms with Gasteiger partial charge >= 0.3 is 0 Å². The molecule has 0 spiro atoms. The molecular weight excluding hydrogens is 717 g/mol. The minimum absolute atomic E-state index is 0.150. The lowest BCUT2D eigenvalue weighted by molar-refractivity contribution is -0.0960. The Labute approximate surface area is 337 Å². The molecule has 0 aliphatic carbocycles. The van der Waals surface area contributed by atoms with Crippen LogP contribution in [0.5, 0.6) is 0 Å². The molecule has 4 atom stereocenters. The quantitative estimate of drug-likeness (QED) is 0.0281. The summed E-state index contributed by atoms with van der Waals surface area (Å²) in [6.07, 6.45) is 32.4. The van der Waals surface area contributed by atoms with Gasteiger partial charge in [0.1, 0.15) is 13.6 Å². The highest BCUT2D eigenvalue weighted by atomic mass is 33.1. The largest absolute Gasteiger partial charge is 0.355 e. The van der Waals surface area contributed by atoms with Crippen LogP contribution in [0.3, 0.4) is 0 Å². The number of unbranched alkanes of at least 4 members (excludes halogenated alkanes) is 14. The zero-order chi connectivity index (χ0) is 37.2. The molecule has 2 aliphatic heterocycles. The van der Waals surface area contributed by atoms with E-state index in [1.54, 1.807) is 0 Å². The topological polar surface area (TPSA) is 43.4 Å². The van der Waals surface area contributed by atoms with Gasteiger partial charge in [0.05, 0.1) is 31.6 Å². The summed E-state index contributed by atoms with van der Waals surface area (Å²) in [5.74, 6) is 2.57. The second-order valence-corrected chi connectivity index (χ2v) is 24.5. The molecule has 2 rings (SSSR count). The van der Waals surface area contributed by atoms with Gasteiger partial charge in [0.2, 0.25) is 0 Å². The molecule has 2 heterocycles. The van der Waals surface area contributed by atoms with Crippen LogP contribution >= 0.6 is 21.6 Å². The summed E-state index contributed by atoms with van der Waals surface area (Å²) in [6.45, 7) is 17.3.